The van der Waals surface area contributed by atoms with Crippen LogP contribution in [0.3, 0.4) is 0 Å². The van der Waals surface area contributed by atoms with Crippen molar-refractivity contribution in [3.8, 4) is 0 Å². The summed E-state index contributed by atoms with van der Waals surface area (Å²) < 4.78 is 9.09. The maximum Gasteiger partial charge on any atom is 0.328 e. The van der Waals surface area contributed by atoms with Crippen LogP contribution in [0.5, 0.6) is 0 Å². The monoisotopic (exact) mass is 189 g/mol. The highest BCUT2D eigenvalue weighted by atomic mass is 16.5. The molecule has 0 aromatic rings. The molecular formula is C8H15NO4. The molecule has 0 aliphatic heterocycles. The molecule has 0 bridgehead atoms. The summed E-state index contributed by atoms with van der Waals surface area (Å²) in [6.45, 7) is 1.74. The van der Waals surface area contributed by atoms with Gasteiger partial charge < -0.3 is 14.8 Å². The Morgan fingerprint density at radius 3 is 2.38 bits per heavy atom. The van der Waals surface area contributed by atoms with Crippen LogP contribution in [0.25, 0.3) is 0 Å². The van der Waals surface area contributed by atoms with Crippen LogP contribution in [0.2, 0.25) is 0 Å². The molecule has 13 heavy (non-hydrogen) atoms. The standard InChI is InChI=1S/C8H15NO4/c1-4-6(8(11)13-3)9-7(10)5-12-2/h6H,4-5H2,1-3H3,(H,9,10)/t6-/m0/s1. The van der Waals surface area contributed by atoms with Crippen molar-refractivity contribution < 1.29 is 19.1 Å². The quantitative estimate of drug-likeness (QED) is 0.603. The lowest BCUT2D eigenvalue weighted by Gasteiger charge is -2.13. The van der Waals surface area contributed by atoms with E-state index < -0.39 is 12.0 Å². The third-order valence-electron chi connectivity index (χ3n) is 1.50. The maximum atomic E-state index is 11.0. The Kier molecular flexibility index (Phi) is 5.88. The lowest BCUT2D eigenvalue weighted by molar-refractivity contribution is -0.145. The summed E-state index contributed by atoms with van der Waals surface area (Å²) in [5.41, 5.74) is 0. The zero-order chi connectivity index (χ0) is 10.3. The van der Waals surface area contributed by atoms with Crippen LogP contribution >= 0.6 is 0 Å². The smallest absolute Gasteiger partial charge is 0.328 e. The first-order valence-corrected chi connectivity index (χ1v) is 4.01. The summed E-state index contributed by atoms with van der Waals surface area (Å²) >= 11 is 0. The Labute approximate surface area is 77.4 Å². The molecule has 0 saturated heterocycles. The molecule has 0 fully saturated rings. The molecule has 0 saturated carbocycles. The summed E-state index contributed by atoms with van der Waals surface area (Å²) in [7, 11) is 2.70. The highest BCUT2D eigenvalue weighted by molar-refractivity contribution is 5.84. The second kappa shape index (κ2) is 6.42. The third-order valence-corrected chi connectivity index (χ3v) is 1.50. The van der Waals surface area contributed by atoms with Crippen LogP contribution in [0.1, 0.15) is 13.3 Å². The average Bonchev–Trinajstić information content (AvgIpc) is 2.13. The van der Waals surface area contributed by atoms with E-state index in [-0.39, 0.29) is 12.5 Å². The van der Waals surface area contributed by atoms with E-state index in [2.05, 4.69) is 14.8 Å². The summed E-state index contributed by atoms with van der Waals surface area (Å²) in [5.74, 6) is -0.758. The van der Waals surface area contributed by atoms with Crippen molar-refractivity contribution in [2.75, 3.05) is 20.8 Å². The number of carbonyl (C=O) groups is 2. The van der Waals surface area contributed by atoms with Crippen LogP contribution in [-0.2, 0) is 19.1 Å². The summed E-state index contributed by atoms with van der Waals surface area (Å²) in [6.07, 6.45) is 0.502. The van der Waals surface area contributed by atoms with E-state index >= 15 is 0 Å². The van der Waals surface area contributed by atoms with E-state index in [1.165, 1.54) is 14.2 Å². The van der Waals surface area contributed by atoms with Crippen molar-refractivity contribution in [3.63, 3.8) is 0 Å². The van der Waals surface area contributed by atoms with Crippen molar-refractivity contribution in [2.45, 2.75) is 19.4 Å². The molecule has 0 aromatic carbocycles. The van der Waals surface area contributed by atoms with Gasteiger partial charge in [0, 0.05) is 7.11 Å². The van der Waals surface area contributed by atoms with Crippen LogP contribution in [-0.4, -0.2) is 38.7 Å². The summed E-state index contributed by atoms with van der Waals surface area (Å²) in [6, 6.07) is -0.576. The fraction of sp³-hybridized carbons (Fsp3) is 0.750. The number of esters is 1. The summed E-state index contributed by atoms with van der Waals surface area (Å²) in [4.78, 5) is 22.0. The van der Waals surface area contributed by atoms with Gasteiger partial charge in [-0.3, -0.25) is 4.79 Å². The van der Waals surface area contributed by atoms with E-state index in [1.807, 2.05) is 0 Å². The Balaban J connectivity index is 3.97. The van der Waals surface area contributed by atoms with E-state index in [1.54, 1.807) is 6.92 Å². The molecule has 0 heterocycles. The van der Waals surface area contributed by atoms with E-state index in [4.69, 9.17) is 0 Å². The molecular weight excluding hydrogens is 174 g/mol. The number of hydrogen-bond acceptors (Lipinski definition) is 4. The molecule has 0 aliphatic carbocycles. The van der Waals surface area contributed by atoms with Crippen LogP contribution in [0.4, 0.5) is 0 Å². The SMILES string of the molecule is CC[C@H](NC(=O)COC)C(=O)OC. The van der Waals surface area contributed by atoms with Crippen molar-refractivity contribution in [3.05, 3.63) is 0 Å². The Hall–Kier alpha value is -1.10. The first-order valence-electron chi connectivity index (χ1n) is 4.01. The molecule has 5 heteroatoms. The normalized spacial score (nSPS) is 11.9. The van der Waals surface area contributed by atoms with Gasteiger partial charge in [0.1, 0.15) is 12.6 Å². The molecule has 1 N–H and O–H groups in total. The second-order valence-corrected chi connectivity index (χ2v) is 2.48. The van der Waals surface area contributed by atoms with Crippen LogP contribution in [0, 0.1) is 0 Å². The first-order chi connectivity index (χ1) is 6.15. The minimum absolute atomic E-state index is 0.0481. The zero-order valence-electron chi connectivity index (χ0n) is 8.12. The van der Waals surface area contributed by atoms with Gasteiger partial charge in [0.15, 0.2) is 0 Å². The molecule has 5 nitrogen and oxygen atoms in total. The van der Waals surface area contributed by atoms with Crippen molar-refractivity contribution in [1.82, 2.24) is 5.32 Å². The van der Waals surface area contributed by atoms with Crippen molar-refractivity contribution in [1.29, 1.82) is 0 Å². The topological polar surface area (TPSA) is 64.6 Å². The number of hydrogen-bond donors (Lipinski definition) is 1. The van der Waals surface area contributed by atoms with Gasteiger partial charge in [-0.2, -0.15) is 0 Å². The van der Waals surface area contributed by atoms with Crippen molar-refractivity contribution >= 4 is 11.9 Å². The molecule has 0 unspecified atom stereocenters. The molecule has 0 aliphatic rings. The van der Waals surface area contributed by atoms with Gasteiger partial charge in [-0.25, -0.2) is 4.79 Å². The van der Waals surface area contributed by atoms with Gasteiger partial charge >= 0.3 is 5.97 Å². The molecule has 1 amide bonds. The van der Waals surface area contributed by atoms with E-state index in [0.29, 0.717) is 6.42 Å². The van der Waals surface area contributed by atoms with Gasteiger partial charge in [-0.15, -0.1) is 0 Å². The maximum absolute atomic E-state index is 11.0. The fourth-order valence-corrected chi connectivity index (χ4v) is 0.837. The number of nitrogens with one attached hydrogen (secondary N) is 1. The van der Waals surface area contributed by atoms with Crippen LogP contribution < -0.4 is 5.32 Å². The highest BCUT2D eigenvalue weighted by Crippen LogP contribution is 1.93. The number of methoxy groups -OCH3 is 2. The number of amides is 1. The number of rotatable bonds is 5. The Bertz CT molecular complexity index is 181. The van der Waals surface area contributed by atoms with Gasteiger partial charge in [-0.1, -0.05) is 6.92 Å². The Morgan fingerprint density at radius 2 is 2.00 bits per heavy atom. The van der Waals surface area contributed by atoms with Crippen molar-refractivity contribution in [2.24, 2.45) is 0 Å². The van der Waals surface area contributed by atoms with Gasteiger partial charge in [0.2, 0.25) is 5.91 Å². The van der Waals surface area contributed by atoms with E-state index in [9.17, 15) is 9.59 Å². The molecule has 0 radical (unpaired) electrons. The largest absolute Gasteiger partial charge is 0.467 e. The van der Waals surface area contributed by atoms with Gasteiger partial charge in [0.25, 0.3) is 0 Å². The average molecular weight is 189 g/mol. The number of carbonyl (C=O) groups excluding carboxylic acids is 2. The summed E-state index contributed by atoms with van der Waals surface area (Å²) in [5, 5.41) is 2.48. The van der Waals surface area contributed by atoms with E-state index in [0.717, 1.165) is 0 Å². The number of ether oxygens (including phenoxy) is 2. The lowest BCUT2D eigenvalue weighted by Crippen LogP contribution is -2.42. The van der Waals surface area contributed by atoms with Crippen LogP contribution in [0.15, 0.2) is 0 Å². The minimum Gasteiger partial charge on any atom is -0.467 e. The fourth-order valence-electron chi connectivity index (χ4n) is 0.837. The molecule has 0 spiro atoms. The first kappa shape index (κ1) is 11.9. The minimum atomic E-state index is -0.576. The molecule has 76 valence electrons. The zero-order valence-corrected chi connectivity index (χ0v) is 8.12. The molecule has 1 atom stereocenters. The lowest BCUT2D eigenvalue weighted by atomic mass is 10.2. The predicted octanol–water partition coefficient (Wildman–Crippen LogP) is -0.299. The Morgan fingerprint density at radius 1 is 1.38 bits per heavy atom. The molecule has 0 aromatic heterocycles. The third kappa shape index (κ3) is 4.47. The highest BCUT2D eigenvalue weighted by Gasteiger charge is 2.18. The molecule has 0 rings (SSSR count). The predicted molar refractivity (Wildman–Crippen MR) is 46.1 cm³/mol. The van der Waals surface area contributed by atoms with Gasteiger partial charge in [-0.05, 0) is 6.42 Å². The second-order valence-electron chi connectivity index (χ2n) is 2.48. The van der Waals surface area contributed by atoms with Gasteiger partial charge in [0.05, 0.1) is 7.11 Å².